The number of carbonyl (C=O) groups is 1. The van der Waals surface area contributed by atoms with Crippen LogP contribution in [-0.2, 0) is 19.9 Å². The third-order valence-electron chi connectivity index (χ3n) is 5.57. The zero-order valence-electron chi connectivity index (χ0n) is 16.4. The molecule has 1 amide bonds. The topological polar surface area (TPSA) is 109 Å². The third kappa shape index (κ3) is 3.69. The summed E-state index contributed by atoms with van der Waals surface area (Å²) in [4.78, 5) is 12.6. The van der Waals surface area contributed by atoms with Crippen molar-refractivity contribution in [2.45, 2.75) is 47.2 Å². The molecule has 0 atom stereocenters. The Balaban J connectivity index is 1.59. The van der Waals surface area contributed by atoms with E-state index in [1.807, 2.05) is 0 Å². The Morgan fingerprint density at radius 2 is 1.53 bits per heavy atom. The first-order chi connectivity index (χ1) is 13.8. The molecule has 0 unspecified atom stereocenters. The number of hydrogen-bond acceptors (Lipinski definition) is 5. The van der Waals surface area contributed by atoms with Crippen LogP contribution in [0.3, 0.4) is 0 Å². The molecule has 30 heavy (non-hydrogen) atoms. The molecule has 10 heteroatoms. The van der Waals surface area contributed by atoms with E-state index in [-0.39, 0.29) is 40.3 Å². The second-order valence-corrected chi connectivity index (χ2v) is 12.0. The lowest BCUT2D eigenvalue weighted by molar-refractivity contribution is -0.162. The van der Waals surface area contributed by atoms with Gasteiger partial charge in [0.15, 0.2) is 9.84 Å². The Morgan fingerprint density at radius 3 is 2.07 bits per heavy atom. The van der Waals surface area contributed by atoms with Crippen molar-refractivity contribution >= 4 is 31.5 Å². The number of hydrogen-bond donors (Lipinski definition) is 2. The number of halogens is 1. The van der Waals surface area contributed by atoms with Crippen LogP contribution in [0.1, 0.15) is 35.2 Å². The molecule has 5 rings (SSSR count). The summed E-state index contributed by atoms with van der Waals surface area (Å²) in [6.07, 6.45) is 1.88. The summed E-state index contributed by atoms with van der Waals surface area (Å²) in [5, 5.41) is 2.83. The molecule has 160 valence electrons. The molecular formula is C20H21FN2O5S2. The molecule has 0 aliphatic heterocycles. The van der Waals surface area contributed by atoms with E-state index in [2.05, 4.69) is 10.0 Å². The third-order valence-corrected chi connectivity index (χ3v) is 8.08. The highest BCUT2D eigenvalue weighted by Gasteiger charge is 2.69. The molecular weight excluding hydrogens is 431 g/mol. The summed E-state index contributed by atoms with van der Waals surface area (Å²) in [7, 11) is -7.53. The van der Waals surface area contributed by atoms with Gasteiger partial charge in [-0.2, -0.15) is 0 Å². The Morgan fingerprint density at radius 1 is 0.967 bits per heavy atom. The zero-order valence-corrected chi connectivity index (χ0v) is 18.0. The molecule has 2 aromatic carbocycles. The Kier molecular flexibility index (Phi) is 4.52. The molecule has 7 nitrogen and oxygen atoms in total. The fourth-order valence-electron chi connectivity index (χ4n) is 4.11. The van der Waals surface area contributed by atoms with Gasteiger partial charge in [-0.05, 0) is 48.9 Å². The smallest absolute Gasteiger partial charge is 0.261 e. The van der Waals surface area contributed by atoms with Crippen LogP contribution in [0.2, 0.25) is 0 Å². The highest BCUT2D eigenvalue weighted by atomic mass is 32.2. The van der Waals surface area contributed by atoms with Crippen LogP contribution < -0.4 is 10.0 Å². The number of carbonyl (C=O) groups excluding carboxylic acids is 1. The van der Waals surface area contributed by atoms with Gasteiger partial charge in [0.1, 0.15) is 5.67 Å². The van der Waals surface area contributed by atoms with Gasteiger partial charge in [0, 0.05) is 31.1 Å². The van der Waals surface area contributed by atoms with E-state index >= 15 is 0 Å². The van der Waals surface area contributed by atoms with Crippen LogP contribution in [0.5, 0.6) is 0 Å². The number of sulfonamides is 1. The van der Waals surface area contributed by atoms with E-state index < -0.39 is 37.0 Å². The lowest BCUT2D eigenvalue weighted by Crippen LogP contribution is -2.76. The molecule has 0 saturated heterocycles. The van der Waals surface area contributed by atoms with Gasteiger partial charge in [-0.1, -0.05) is 6.07 Å². The molecule has 0 spiro atoms. The first-order valence-corrected chi connectivity index (χ1v) is 12.6. The van der Waals surface area contributed by atoms with E-state index in [9.17, 15) is 26.0 Å². The lowest BCUT2D eigenvalue weighted by atomic mass is 9.47. The minimum Gasteiger partial charge on any atom is -0.346 e. The summed E-state index contributed by atoms with van der Waals surface area (Å²) >= 11 is 0. The van der Waals surface area contributed by atoms with Crippen molar-refractivity contribution in [3.63, 3.8) is 0 Å². The molecule has 0 radical (unpaired) electrons. The normalized spacial score (nSPS) is 25.0. The fourth-order valence-corrected chi connectivity index (χ4v) is 5.82. The number of rotatable bonds is 6. The number of sulfone groups is 1. The number of aryl methyl sites for hydroxylation is 1. The van der Waals surface area contributed by atoms with E-state index in [1.54, 1.807) is 13.0 Å². The number of anilines is 1. The maximum atomic E-state index is 13.7. The van der Waals surface area contributed by atoms with Gasteiger partial charge in [0.05, 0.1) is 21.0 Å². The van der Waals surface area contributed by atoms with Crippen LogP contribution in [0.4, 0.5) is 10.1 Å². The van der Waals surface area contributed by atoms with E-state index in [0.29, 0.717) is 0 Å². The maximum absolute atomic E-state index is 13.7. The van der Waals surface area contributed by atoms with Gasteiger partial charge in [-0.25, -0.2) is 21.2 Å². The minimum atomic E-state index is -4.07. The van der Waals surface area contributed by atoms with Gasteiger partial charge in [-0.3, -0.25) is 9.52 Å². The highest BCUT2D eigenvalue weighted by molar-refractivity contribution is 7.92. The van der Waals surface area contributed by atoms with E-state index in [1.165, 1.54) is 36.4 Å². The lowest BCUT2D eigenvalue weighted by Gasteiger charge is -2.65. The molecule has 2 bridgehead atoms. The van der Waals surface area contributed by atoms with Crippen molar-refractivity contribution in [1.29, 1.82) is 0 Å². The average molecular weight is 453 g/mol. The number of benzene rings is 2. The first-order valence-electron chi connectivity index (χ1n) is 9.26. The van der Waals surface area contributed by atoms with E-state index in [4.69, 9.17) is 0 Å². The molecule has 3 aliphatic carbocycles. The van der Waals surface area contributed by atoms with Crippen LogP contribution >= 0.6 is 0 Å². The molecule has 2 N–H and O–H groups in total. The largest absolute Gasteiger partial charge is 0.346 e. The predicted octanol–water partition coefficient (Wildman–Crippen LogP) is 2.57. The number of amides is 1. The standard InChI is InChI=1S/C20H21FN2O5S2/c1-13-3-8-16(18(24)22-20-10-19(21,11-20)12-20)17(9-13)23-30(27,28)15-6-4-14(5-7-15)29(2,25)26/h3-9,23H,10-12H2,1-2H3,(H,22,24). The second-order valence-electron chi connectivity index (χ2n) is 8.31. The Labute approximate surface area is 174 Å². The maximum Gasteiger partial charge on any atom is 0.261 e. The SMILES string of the molecule is Cc1ccc(C(=O)NC23CC(F)(C2)C3)c(NS(=O)(=O)c2ccc(S(C)(=O)=O)cc2)c1. The molecule has 3 aliphatic rings. The molecule has 2 aromatic rings. The van der Waals surface area contributed by atoms with Gasteiger partial charge in [0.25, 0.3) is 15.9 Å². The van der Waals surface area contributed by atoms with Crippen molar-refractivity contribution < 1.29 is 26.0 Å². The van der Waals surface area contributed by atoms with Crippen molar-refractivity contribution in [3.05, 3.63) is 53.6 Å². The van der Waals surface area contributed by atoms with Gasteiger partial charge in [0.2, 0.25) is 0 Å². The van der Waals surface area contributed by atoms with Gasteiger partial charge < -0.3 is 5.32 Å². The minimum absolute atomic E-state index is 0.00117. The summed E-state index contributed by atoms with van der Waals surface area (Å²) < 4.78 is 64.9. The quantitative estimate of drug-likeness (QED) is 0.700. The second kappa shape index (κ2) is 6.52. The summed E-state index contributed by atoms with van der Waals surface area (Å²) in [5.74, 6) is -0.470. The monoisotopic (exact) mass is 452 g/mol. The van der Waals surface area contributed by atoms with Crippen LogP contribution in [0.25, 0.3) is 0 Å². The van der Waals surface area contributed by atoms with Crippen LogP contribution in [0, 0.1) is 6.92 Å². The van der Waals surface area contributed by atoms with Gasteiger partial charge in [-0.15, -0.1) is 0 Å². The van der Waals surface area contributed by atoms with E-state index in [0.717, 1.165) is 11.8 Å². The molecule has 3 saturated carbocycles. The Bertz CT molecular complexity index is 1230. The number of alkyl halides is 1. The van der Waals surface area contributed by atoms with Crippen molar-refractivity contribution in [2.75, 3.05) is 11.0 Å². The highest BCUT2D eigenvalue weighted by Crippen LogP contribution is 2.63. The van der Waals surface area contributed by atoms with Crippen LogP contribution in [-0.4, -0.2) is 40.2 Å². The summed E-state index contributed by atoms with van der Waals surface area (Å²) in [6, 6.07) is 9.55. The van der Waals surface area contributed by atoms with Crippen LogP contribution in [0.15, 0.2) is 52.3 Å². The summed E-state index contributed by atoms with van der Waals surface area (Å²) in [6.45, 7) is 1.76. The van der Waals surface area contributed by atoms with Crippen molar-refractivity contribution in [3.8, 4) is 0 Å². The Hall–Kier alpha value is -2.46. The summed E-state index contributed by atoms with van der Waals surface area (Å²) in [5.41, 5.74) is -0.724. The zero-order chi connectivity index (χ0) is 21.9. The molecule has 0 heterocycles. The van der Waals surface area contributed by atoms with Crippen molar-refractivity contribution in [2.24, 2.45) is 0 Å². The number of nitrogens with one attached hydrogen (secondary N) is 2. The molecule has 0 aromatic heterocycles. The molecule has 3 fully saturated rings. The first kappa shape index (κ1) is 20.8. The average Bonchev–Trinajstić information content (AvgIpc) is 2.58. The van der Waals surface area contributed by atoms with Crippen molar-refractivity contribution in [1.82, 2.24) is 5.32 Å². The fraction of sp³-hybridized carbons (Fsp3) is 0.350. The van der Waals surface area contributed by atoms with Gasteiger partial charge >= 0.3 is 0 Å². The predicted molar refractivity (Wildman–Crippen MR) is 109 cm³/mol.